The Hall–Kier alpha value is -0.300. The zero-order chi connectivity index (χ0) is 9.61. The fraction of sp³-hybridized carbons (Fsp3) is 0.700. The van der Waals surface area contributed by atoms with E-state index in [2.05, 4.69) is 32.3 Å². The van der Waals surface area contributed by atoms with Crippen LogP contribution in [0.15, 0.2) is 17.8 Å². The molecule has 0 amide bonds. The first-order valence-electron chi connectivity index (χ1n) is 4.35. The highest BCUT2D eigenvalue weighted by Gasteiger charge is 2.14. The second-order valence-electron chi connectivity index (χ2n) is 3.71. The van der Waals surface area contributed by atoms with Crippen LogP contribution in [0.3, 0.4) is 0 Å². The molecular formula is C10H18ClN. The SMILES string of the molecule is C=CN=C(Cl)CCC(C)(C)CC. The molecule has 0 aromatic heterocycles. The van der Waals surface area contributed by atoms with Gasteiger partial charge in [-0.3, -0.25) is 0 Å². The largest absolute Gasteiger partial charge is 0.250 e. The van der Waals surface area contributed by atoms with Crippen LogP contribution < -0.4 is 0 Å². The van der Waals surface area contributed by atoms with Crippen molar-refractivity contribution < 1.29 is 0 Å². The summed E-state index contributed by atoms with van der Waals surface area (Å²) in [6.45, 7) is 10.2. The molecule has 0 spiro atoms. The van der Waals surface area contributed by atoms with Gasteiger partial charge in [-0.05, 0) is 11.8 Å². The first-order valence-corrected chi connectivity index (χ1v) is 4.72. The highest BCUT2D eigenvalue weighted by Crippen LogP contribution is 2.26. The van der Waals surface area contributed by atoms with Gasteiger partial charge in [0.05, 0.1) is 0 Å². The van der Waals surface area contributed by atoms with E-state index in [0.29, 0.717) is 10.6 Å². The van der Waals surface area contributed by atoms with Crippen molar-refractivity contribution in [2.75, 3.05) is 0 Å². The van der Waals surface area contributed by atoms with Crippen LogP contribution in [-0.2, 0) is 0 Å². The van der Waals surface area contributed by atoms with E-state index in [1.54, 1.807) is 0 Å². The van der Waals surface area contributed by atoms with Crippen LogP contribution in [0.5, 0.6) is 0 Å². The minimum absolute atomic E-state index is 0.372. The lowest BCUT2D eigenvalue weighted by Crippen LogP contribution is -2.10. The van der Waals surface area contributed by atoms with E-state index in [0.717, 1.165) is 12.8 Å². The Kier molecular flexibility index (Phi) is 5.23. The lowest BCUT2D eigenvalue weighted by molar-refractivity contribution is 0.329. The van der Waals surface area contributed by atoms with Crippen molar-refractivity contribution >= 4 is 16.8 Å². The third-order valence-corrected chi connectivity index (χ3v) is 2.48. The summed E-state index contributed by atoms with van der Waals surface area (Å²) >= 11 is 5.82. The number of rotatable bonds is 5. The van der Waals surface area contributed by atoms with Gasteiger partial charge in [0, 0.05) is 12.6 Å². The number of hydrogen-bond donors (Lipinski definition) is 0. The summed E-state index contributed by atoms with van der Waals surface area (Å²) < 4.78 is 0. The van der Waals surface area contributed by atoms with Crippen LogP contribution in [0.4, 0.5) is 0 Å². The van der Waals surface area contributed by atoms with Crippen LogP contribution in [-0.4, -0.2) is 5.17 Å². The average molecular weight is 188 g/mol. The van der Waals surface area contributed by atoms with E-state index in [4.69, 9.17) is 11.6 Å². The van der Waals surface area contributed by atoms with Crippen molar-refractivity contribution in [3.05, 3.63) is 12.8 Å². The van der Waals surface area contributed by atoms with Crippen molar-refractivity contribution in [3.8, 4) is 0 Å². The van der Waals surface area contributed by atoms with Crippen molar-refractivity contribution in [1.29, 1.82) is 0 Å². The molecule has 0 bridgehead atoms. The smallest absolute Gasteiger partial charge is 0.106 e. The molecule has 0 aliphatic carbocycles. The van der Waals surface area contributed by atoms with Crippen molar-refractivity contribution in [1.82, 2.24) is 0 Å². The summed E-state index contributed by atoms with van der Waals surface area (Å²) in [4.78, 5) is 3.91. The standard InChI is InChI=1S/C10H18ClN/c1-5-10(3,4)8-7-9(11)12-6-2/h6H,2,5,7-8H2,1,3-4H3. The summed E-state index contributed by atoms with van der Waals surface area (Å²) in [7, 11) is 0. The van der Waals surface area contributed by atoms with Crippen LogP contribution in [0.1, 0.15) is 40.0 Å². The third-order valence-electron chi connectivity index (χ3n) is 2.20. The molecular weight excluding hydrogens is 170 g/mol. The summed E-state index contributed by atoms with van der Waals surface area (Å²) in [5.41, 5.74) is 0.372. The lowest BCUT2D eigenvalue weighted by atomic mass is 9.85. The Morgan fingerprint density at radius 2 is 2.17 bits per heavy atom. The summed E-state index contributed by atoms with van der Waals surface area (Å²) in [5, 5.41) is 0.659. The monoisotopic (exact) mass is 187 g/mol. The van der Waals surface area contributed by atoms with E-state index >= 15 is 0 Å². The number of aliphatic imine (C=N–C) groups is 1. The van der Waals surface area contributed by atoms with E-state index in [1.165, 1.54) is 12.6 Å². The van der Waals surface area contributed by atoms with Gasteiger partial charge in [-0.1, -0.05) is 45.4 Å². The Labute approximate surface area is 80.5 Å². The molecule has 0 N–H and O–H groups in total. The maximum Gasteiger partial charge on any atom is 0.106 e. The first-order chi connectivity index (χ1) is 5.52. The van der Waals surface area contributed by atoms with Gasteiger partial charge in [0.25, 0.3) is 0 Å². The maximum absolute atomic E-state index is 5.82. The van der Waals surface area contributed by atoms with Gasteiger partial charge < -0.3 is 0 Å². The second-order valence-corrected chi connectivity index (χ2v) is 4.14. The molecule has 0 aliphatic heterocycles. The van der Waals surface area contributed by atoms with Crippen molar-refractivity contribution in [3.63, 3.8) is 0 Å². The zero-order valence-electron chi connectivity index (χ0n) is 8.23. The minimum Gasteiger partial charge on any atom is -0.250 e. The topological polar surface area (TPSA) is 12.4 Å². The van der Waals surface area contributed by atoms with Gasteiger partial charge in [0.15, 0.2) is 0 Å². The van der Waals surface area contributed by atoms with Crippen molar-refractivity contribution in [2.45, 2.75) is 40.0 Å². The molecule has 0 aliphatic rings. The molecule has 0 fully saturated rings. The van der Waals surface area contributed by atoms with E-state index < -0.39 is 0 Å². The van der Waals surface area contributed by atoms with Crippen LogP contribution in [0.25, 0.3) is 0 Å². The van der Waals surface area contributed by atoms with E-state index in [1.807, 2.05) is 0 Å². The zero-order valence-corrected chi connectivity index (χ0v) is 8.99. The number of nitrogens with zero attached hydrogens (tertiary/aromatic N) is 1. The molecule has 0 unspecified atom stereocenters. The van der Waals surface area contributed by atoms with E-state index in [-0.39, 0.29) is 0 Å². The third kappa shape index (κ3) is 5.36. The van der Waals surface area contributed by atoms with E-state index in [9.17, 15) is 0 Å². The second kappa shape index (κ2) is 5.36. The Balaban J connectivity index is 3.82. The molecule has 0 saturated carbocycles. The summed E-state index contributed by atoms with van der Waals surface area (Å²) in [6.07, 6.45) is 4.60. The van der Waals surface area contributed by atoms with Crippen LogP contribution in [0.2, 0.25) is 0 Å². The molecule has 2 heteroatoms. The van der Waals surface area contributed by atoms with Gasteiger partial charge in [-0.25, -0.2) is 4.99 Å². The molecule has 12 heavy (non-hydrogen) atoms. The molecule has 0 aromatic rings. The fourth-order valence-corrected chi connectivity index (χ4v) is 0.945. The minimum atomic E-state index is 0.372. The maximum atomic E-state index is 5.82. The molecule has 0 rings (SSSR count). The van der Waals surface area contributed by atoms with Crippen molar-refractivity contribution in [2.24, 2.45) is 10.4 Å². The molecule has 0 aromatic carbocycles. The molecule has 70 valence electrons. The Morgan fingerprint density at radius 3 is 2.58 bits per heavy atom. The van der Waals surface area contributed by atoms with Gasteiger partial charge >= 0.3 is 0 Å². The first kappa shape index (κ1) is 11.7. The van der Waals surface area contributed by atoms with Crippen LogP contribution in [0, 0.1) is 5.41 Å². The van der Waals surface area contributed by atoms with Crippen LogP contribution >= 0.6 is 11.6 Å². The Morgan fingerprint density at radius 1 is 1.58 bits per heavy atom. The highest BCUT2D eigenvalue weighted by atomic mass is 35.5. The van der Waals surface area contributed by atoms with Gasteiger partial charge in [-0.2, -0.15) is 0 Å². The summed E-state index contributed by atoms with van der Waals surface area (Å²) in [6, 6.07) is 0. The highest BCUT2D eigenvalue weighted by molar-refractivity contribution is 6.65. The molecule has 0 heterocycles. The van der Waals surface area contributed by atoms with Gasteiger partial charge in [0.2, 0.25) is 0 Å². The Bertz CT molecular complexity index is 171. The quantitative estimate of drug-likeness (QED) is 0.578. The number of halogens is 1. The molecule has 0 radical (unpaired) electrons. The fourth-order valence-electron chi connectivity index (χ4n) is 0.782. The molecule has 1 nitrogen and oxygen atoms in total. The molecule has 0 saturated heterocycles. The molecule has 0 atom stereocenters. The predicted octanol–water partition coefficient (Wildman–Crippen LogP) is 3.98. The predicted molar refractivity (Wildman–Crippen MR) is 56.8 cm³/mol. The normalized spacial score (nSPS) is 13.2. The summed E-state index contributed by atoms with van der Waals surface area (Å²) in [5.74, 6) is 0. The number of hydrogen-bond acceptors (Lipinski definition) is 1. The van der Waals surface area contributed by atoms with Gasteiger partial charge in [0.1, 0.15) is 5.17 Å². The average Bonchev–Trinajstić information content (AvgIpc) is 2.02. The lowest BCUT2D eigenvalue weighted by Gasteiger charge is -2.21. The van der Waals surface area contributed by atoms with Gasteiger partial charge in [-0.15, -0.1) is 0 Å².